The highest BCUT2D eigenvalue weighted by molar-refractivity contribution is 5.95. The van der Waals surface area contributed by atoms with Crippen molar-refractivity contribution >= 4 is 5.78 Å². The summed E-state index contributed by atoms with van der Waals surface area (Å²) in [5, 5.41) is 7.63. The summed E-state index contributed by atoms with van der Waals surface area (Å²) in [5.74, 6) is 0.493. The largest absolute Gasteiger partial charge is 0.308 e. The second kappa shape index (κ2) is 7.13. The second-order valence-corrected chi connectivity index (χ2v) is 5.40. The van der Waals surface area contributed by atoms with Crippen LogP contribution in [0.4, 0.5) is 0 Å². The fourth-order valence-electron chi connectivity index (χ4n) is 2.23. The average Bonchev–Trinajstić information content (AvgIpc) is 2.85. The number of hydrogen-bond acceptors (Lipinski definition) is 4. The first-order chi connectivity index (χ1) is 10.1. The summed E-state index contributed by atoms with van der Waals surface area (Å²) >= 11 is 0. The van der Waals surface area contributed by atoms with Crippen LogP contribution in [0, 0.1) is 6.92 Å². The van der Waals surface area contributed by atoms with Gasteiger partial charge in [-0.1, -0.05) is 19.9 Å². The first kappa shape index (κ1) is 15.4. The maximum absolute atomic E-state index is 11.9. The molecule has 2 aromatic heterocycles. The second-order valence-electron chi connectivity index (χ2n) is 5.40. The van der Waals surface area contributed by atoms with Crippen LogP contribution < -0.4 is 5.32 Å². The van der Waals surface area contributed by atoms with Crippen molar-refractivity contribution in [1.82, 2.24) is 20.1 Å². The van der Waals surface area contributed by atoms with Gasteiger partial charge in [-0.15, -0.1) is 0 Å². The monoisotopic (exact) mass is 286 g/mol. The molecule has 112 valence electrons. The van der Waals surface area contributed by atoms with E-state index in [1.54, 1.807) is 18.3 Å². The molecule has 0 radical (unpaired) electrons. The van der Waals surface area contributed by atoms with Crippen molar-refractivity contribution in [2.45, 2.75) is 33.2 Å². The van der Waals surface area contributed by atoms with Crippen molar-refractivity contribution in [2.75, 3.05) is 13.1 Å². The van der Waals surface area contributed by atoms with Crippen LogP contribution in [-0.4, -0.2) is 33.6 Å². The zero-order valence-electron chi connectivity index (χ0n) is 12.8. The highest BCUT2D eigenvalue weighted by atomic mass is 16.1. The Bertz CT molecular complexity index is 590. The standard InChI is InChI=1S/C16H22N4O/c1-12(2)14-11-20(19-13(14)3)9-8-17-10-16(21)15-6-4-5-7-18-15/h4-7,11-12,17H,8-10H2,1-3H3. The van der Waals surface area contributed by atoms with Gasteiger partial charge in [0.15, 0.2) is 5.78 Å². The molecule has 0 fully saturated rings. The number of Topliss-reactive ketones (excluding diaryl/α,β-unsaturated/α-hetero) is 1. The van der Waals surface area contributed by atoms with Crippen LogP contribution in [0.5, 0.6) is 0 Å². The Morgan fingerprint density at radius 3 is 2.81 bits per heavy atom. The van der Waals surface area contributed by atoms with Gasteiger partial charge in [-0.3, -0.25) is 14.5 Å². The highest BCUT2D eigenvalue weighted by Gasteiger charge is 2.09. The molecule has 0 unspecified atom stereocenters. The quantitative estimate of drug-likeness (QED) is 0.626. The van der Waals surface area contributed by atoms with Gasteiger partial charge in [0.2, 0.25) is 0 Å². The van der Waals surface area contributed by atoms with E-state index in [1.165, 1.54) is 5.56 Å². The van der Waals surface area contributed by atoms with Gasteiger partial charge in [0.1, 0.15) is 5.69 Å². The number of hydrogen-bond donors (Lipinski definition) is 1. The molecular weight excluding hydrogens is 264 g/mol. The number of nitrogens with one attached hydrogen (secondary N) is 1. The van der Waals surface area contributed by atoms with Gasteiger partial charge in [-0.2, -0.15) is 5.10 Å². The smallest absolute Gasteiger partial charge is 0.194 e. The maximum atomic E-state index is 11.9. The SMILES string of the molecule is Cc1nn(CCNCC(=O)c2ccccn2)cc1C(C)C. The number of rotatable bonds is 7. The lowest BCUT2D eigenvalue weighted by Gasteiger charge is -2.04. The number of carbonyl (C=O) groups is 1. The minimum absolute atomic E-state index is 0.00937. The topological polar surface area (TPSA) is 59.8 Å². The van der Waals surface area contributed by atoms with Crippen LogP contribution >= 0.6 is 0 Å². The fraction of sp³-hybridized carbons (Fsp3) is 0.438. The summed E-state index contributed by atoms with van der Waals surface area (Å²) in [5.41, 5.74) is 2.86. The molecule has 2 heterocycles. The van der Waals surface area contributed by atoms with Crippen LogP contribution in [0.15, 0.2) is 30.6 Å². The summed E-state index contributed by atoms with van der Waals surface area (Å²) in [6, 6.07) is 5.35. The molecule has 0 atom stereocenters. The molecule has 2 rings (SSSR count). The lowest BCUT2D eigenvalue weighted by Crippen LogP contribution is -2.27. The summed E-state index contributed by atoms with van der Waals surface area (Å²) in [4.78, 5) is 15.9. The first-order valence-corrected chi connectivity index (χ1v) is 7.27. The van der Waals surface area contributed by atoms with E-state index in [-0.39, 0.29) is 5.78 Å². The Labute approximate surface area is 125 Å². The van der Waals surface area contributed by atoms with Crippen molar-refractivity contribution in [3.05, 3.63) is 47.5 Å². The lowest BCUT2D eigenvalue weighted by molar-refractivity contribution is 0.0986. The van der Waals surface area contributed by atoms with Gasteiger partial charge in [0.05, 0.1) is 18.8 Å². The normalized spacial score (nSPS) is 11.0. The Hall–Kier alpha value is -2.01. The predicted octanol–water partition coefficient (Wildman–Crippen LogP) is 2.18. The Balaban J connectivity index is 1.77. The molecule has 0 saturated carbocycles. The van der Waals surface area contributed by atoms with Crippen LogP contribution in [0.2, 0.25) is 0 Å². The fourth-order valence-corrected chi connectivity index (χ4v) is 2.23. The van der Waals surface area contributed by atoms with E-state index < -0.39 is 0 Å². The Morgan fingerprint density at radius 2 is 2.19 bits per heavy atom. The molecule has 0 aromatic carbocycles. The highest BCUT2D eigenvalue weighted by Crippen LogP contribution is 2.16. The summed E-state index contributed by atoms with van der Waals surface area (Å²) in [6.07, 6.45) is 3.72. The molecule has 1 N–H and O–H groups in total. The predicted molar refractivity (Wildman–Crippen MR) is 82.5 cm³/mol. The molecule has 5 heteroatoms. The van der Waals surface area contributed by atoms with Gasteiger partial charge < -0.3 is 5.32 Å². The zero-order chi connectivity index (χ0) is 15.2. The van der Waals surface area contributed by atoms with Crippen molar-refractivity contribution in [3.63, 3.8) is 0 Å². The Kier molecular flexibility index (Phi) is 5.22. The average molecular weight is 286 g/mol. The molecule has 0 aliphatic rings. The number of aromatic nitrogens is 3. The van der Waals surface area contributed by atoms with Gasteiger partial charge in [-0.25, -0.2) is 0 Å². The lowest BCUT2D eigenvalue weighted by atomic mass is 10.1. The molecule has 21 heavy (non-hydrogen) atoms. The summed E-state index contributed by atoms with van der Waals surface area (Å²) in [7, 11) is 0. The molecule has 0 spiro atoms. The summed E-state index contributed by atoms with van der Waals surface area (Å²) < 4.78 is 1.93. The van der Waals surface area contributed by atoms with E-state index in [4.69, 9.17) is 0 Å². The van der Waals surface area contributed by atoms with Crippen LogP contribution in [0.1, 0.15) is 41.5 Å². The van der Waals surface area contributed by atoms with E-state index in [2.05, 4.69) is 35.4 Å². The third-order valence-corrected chi connectivity index (χ3v) is 3.36. The van der Waals surface area contributed by atoms with Crippen LogP contribution in [-0.2, 0) is 6.54 Å². The maximum Gasteiger partial charge on any atom is 0.194 e. The number of ketones is 1. The van der Waals surface area contributed by atoms with Gasteiger partial charge in [0, 0.05) is 18.9 Å². The number of nitrogens with zero attached hydrogens (tertiary/aromatic N) is 3. The van der Waals surface area contributed by atoms with E-state index in [0.29, 0.717) is 24.7 Å². The molecule has 0 bridgehead atoms. The molecule has 5 nitrogen and oxygen atoms in total. The van der Waals surface area contributed by atoms with Crippen molar-refractivity contribution < 1.29 is 4.79 Å². The van der Waals surface area contributed by atoms with Gasteiger partial charge >= 0.3 is 0 Å². The van der Waals surface area contributed by atoms with E-state index in [0.717, 1.165) is 12.2 Å². The molecule has 2 aromatic rings. The number of aryl methyl sites for hydroxylation is 1. The number of carbonyl (C=O) groups excluding carboxylic acids is 1. The third kappa shape index (κ3) is 4.23. The zero-order valence-corrected chi connectivity index (χ0v) is 12.8. The number of pyridine rings is 1. The molecule has 0 aliphatic carbocycles. The van der Waals surface area contributed by atoms with E-state index >= 15 is 0 Å². The van der Waals surface area contributed by atoms with E-state index in [9.17, 15) is 4.79 Å². The van der Waals surface area contributed by atoms with Crippen LogP contribution in [0.3, 0.4) is 0 Å². The molecule has 0 amide bonds. The summed E-state index contributed by atoms with van der Waals surface area (Å²) in [6.45, 7) is 8.12. The minimum Gasteiger partial charge on any atom is -0.308 e. The molecule has 0 saturated heterocycles. The third-order valence-electron chi connectivity index (χ3n) is 3.36. The van der Waals surface area contributed by atoms with Crippen molar-refractivity contribution in [2.24, 2.45) is 0 Å². The minimum atomic E-state index is 0.00937. The van der Waals surface area contributed by atoms with E-state index in [1.807, 2.05) is 17.7 Å². The first-order valence-electron chi connectivity index (χ1n) is 7.27. The Morgan fingerprint density at radius 1 is 1.38 bits per heavy atom. The van der Waals surface area contributed by atoms with Crippen molar-refractivity contribution in [3.8, 4) is 0 Å². The molecule has 0 aliphatic heterocycles. The van der Waals surface area contributed by atoms with Crippen molar-refractivity contribution in [1.29, 1.82) is 0 Å². The molecular formula is C16H22N4O. The van der Waals surface area contributed by atoms with Gasteiger partial charge in [0.25, 0.3) is 0 Å². The van der Waals surface area contributed by atoms with Gasteiger partial charge in [-0.05, 0) is 30.5 Å². The van der Waals surface area contributed by atoms with Crippen LogP contribution in [0.25, 0.3) is 0 Å².